The van der Waals surface area contributed by atoms with Gasteiger partial charge in [0.25, 0.3) is 0 Å². The SMILES string of the molecule is CCNc1nccc(Nc2cc(C)ccc2F)n1. The van der Waals surface area contributed by atoms with Crippen molar-refractivity contribution in [3.63, 3.8) is 0 Å². The standard InChI is InChI=1S/C13H15FN4/c1-3-15-13-16-7-6-12(18-13)17-11-8-9(2)4-5-10(11)14/h4-8H,3H2,1-2H3,(H2,15,16,17,18). The number of hydrogen-bond acceptors (Lipinski definition) is 4. The smallest absolute Gasteiger partial charge is 0.224 e. The van der Waals surface area contributed by atoms with Gasteiger partial charge in [0.05, 0.1) is 5.69 Å². The van der Waals surface area contributed by atoms with Crippen molar-refractivity contribution in [2.75, 3.05) is 17.2 Å². The highest BCUT2D eigenvalue weighted by Crippen LogP contribution is 2.20. The molecule has 94 valence electrons. The summed E-state index contributed by atoms with van der Waals surface area (Å²) in [4.78, 5) is 8.28. The molecule has 0 aliphatic rings. The Morgan fingerprint density at radius 1 is 1.28 bits per heavy atom. The Labute approximate surface area is 105 Å². The number of anilines is 3. The molecular formula is C13H15FN4. The van der Waals surface area contributed by atoms with Gasteiger partial charge in [-0.25, -0.2) is 9.37 Å². The Kier molecular flexibility index (Phi) is 3.72. The minimum atomic E-state index is -0.302. The fraction of sp³-hybridized carbons (Fsp3) is 0.231. The molecule has 0 aliphatic heterocycles. The average Bonchev–Trinajstić information content (AvgIpc) is 2.35. The second kappa shape index (κ2) is 5.44. The van der Waals surface area contributed by atoms with Crippen LogP contribution < -0.4 is 10.6 Å². The molecule has 0 unspecified atom stereocenters. The fourth-order valence-electron chi connectivity index (χ4n) is 1.54. The van der Waals surface area contributed by atoms with E-state index in [9.17, 15) is 4.39 Å². The van der Waals surface area contributed by atoms with Crippen molar-refractivity contribution in [1.82, 2.24) is 9.97 Å². The Morgan fingerprint density at radius 2 is 2.11 bits per heavy atom. The Morgan fingerprint density at radius 3 is 2.89 bits per heavy atom. The largest absolute Gasteiger partial charge is 0.354 e. The molecule has 0 radical (unpaired) electrons. The van der Waals surface area contributed by atoms with Crippen LogP contribution in [0.15, 0.2) is 30.5 Å². The van der Waals surface area contributed by atoms with Crippen LogP contribution in [0.4, 0.5) is 21.8 Å². The van der Waals surface area contributed by atoms with Crippen LogP contribution in [-0.4, -0.2) is 16.5 Å². The third-order valence-corrected chi connectivity index (χ3v) is 2.38. The van der Waals surface area contributed by atoms with Gasteiger partial charge in [-0.05, 0) is 37.6 Å². The van der Waals surface area contributed by atoms with E-state index in [1.165, 1.54) is 6.07 Å². The first-order valence-electron chi connectivity index (χ1n) is 5.79. The molecule has 5 heteroatoms. The van der Waals surface area contributed by atoms with Crippen molar-refractivity contribution in [2.24, 2.45) is 0 Å². The fourth-order valence-corrected chi connectivity index (χ4v) is 1.54. The molecule has 2 rings (SSSR count). The van der Waals surface area contributed by atoms with E-state index in [1.807, 2.05) is 13.8 Å². The minimum absolute atomic E-state index is 0.302. The van der Waals surface area contributed by atoms with Gasteiger partial charge in [0, 0.05) is 12.7 Å². The molecule has 0 bridgehead atoms. The average molecular weight is 246 g/mol. The zero-order valence-electron chi connectivity index (χ0n) is 10.4. The lowest BCUT2D eigenvalue weighted by molar-refractivity contribution is 0.631. The maximum absolute atomic E-state index is 13.6. The van der Waals surface area contributed by atoms with Crippen molar-refractivity contribution in [2.45, 2.75) is 13.8 Å². The lowest BCUT2D eigenvalue weighted by Crippen LogP contribution is -2.04. The van der Waals surface area contributed by atoms with Gasteiger partial charge in [-0.15, -0.1) is 0 Å². The first-order valence-corrected chi connectivity index (χ1v) is 5.79. The minimum Gasteiger partial charge on any atom is -0.354 e. The van der Waals surface area contributed by atoms with E-state index in [4.69, 9.17) is 0 Å². The number of benzene rings is 1. The summed E-state index contributed by atoms with van der Waals surface area (Å²) in [6.07, 6.45) is 1.63. The summed E-state index contributed by atoms with van der Waals surface area (Å²) < 4.78 is 13.6. The summed E-state index contributed by atoms with van der Waals surface area (Å²) in [6.45, 7) is 4.61. The van der Waals surface area contributed by atoms with E-state index in [1.54, 1.807) is 24.4 Å². The number of nitrogens with zero attached hydrogens (tertiary/aromatic N) is 2. The zero-order chi connectivity index (χ0) is 13.0. The summed E-state index contributed by atoms with van der Waals surface area (Å²) in [5, 5.41) is 5.95. The molecule has 2 aromatic rings. The maximum atomic E-state index is 13.6. The van der Waals surface area contributed by atoms with Gasteiger partial charge < -0.3 is 10.6 Å². The van der Waals surface area contributed by atoms with E-state index in [2.05, 4.69) is 20.6 Å². The number of hydrogen-bond donors (Lipinski definition) is 2. The molecule has 0 aliphatic carbocycles. The van der Waals surface area contributed by atoms with Crippen LogP contribution in [0.3, 0.4) is 0 Å². The molecule has 0 saturated carbocycles. The van der Waals surface area contributed by atoms with Crippen molar-refractivity contribution in [1.29, 1.82) is 0 Å². The van der Waals surface area contributed by atoms with E-state index in [0.717, 1.165) is 12.1 Å². The van der Waals surface area contributed by atoms with Crippen LogP contribution >= 0.6 is 0 Å². The third-order valence-electron chi connectivity index (χ3n) is 2.38. The number of rotatable bonds is 4. The van der Waals surface area contributed by atoms with Crippen molar-refractivity contribution < 1.29 is 4.39 Å². The van der Waals surface area contributed by atoms with Gasteiger partial charge in [-0.1, -0.05) is 6.07 Å². The molecule has 1 aromatic carbocycles. The van der Waals surface area contributed by atoms with Crippen LogP contribution in [0.1, 0.15) is 12.5 Å². The Hall–Kier alpha value is -2.17. The lowest BCUT2D eigenvalue weighted by atomic mass is 10.2. The van der Waals surface area contributed by atoms with E-state index in [0.29, 0.717) is 17.5 Å². The second-order valence-electron chi connectivity index (χ2n) is 3.90. The predicted octanol–water partition coefficient (Wildman–Crippen LogP) is 3.10. The van der Waals surface area contributed by atoms with Gasteiger partial charge in [0.15, 0.2) is 0 Å². The van der Waals surface area contributed by atoms with Crippen molar-refractivity contribution >= 4 is 17.5 Å². The van der Waals surface area contributed by atoms with Crippen LogP contribution in [0.2, 0.25) is 0 Å². The first-order chi connectivity index (χ1) is 8.69. The van der Waals surface area contributed by atoms with Crippen LogP contribution in [0.25, 0.3) is 0 Å². The van der Waals surface area contributed by atoms with Crippen molar-refractivity contribution in [3.8, 4) is 0 Å². The van der Waals surface area contributed by atoms with Gasteiger partial charge in [0.2, 0.25) is 5.95 Å². The Balaban J connectivity index is 2.22. The highest BCUT2D eigenvalue weighted by atomic mass is 19.1. The maximum Gasteiger partial charge on any atom is 0.224 e. The highest BCUT2D eigenvalue weighted by molar-refractivity contribution is 5.58. The van der Waals surface area contributed by atoms with Gasteiger partial charge in [0.1, 0.15) is 11.6 Å². The molecule has 0 atom stereocenters. The molecule has 2 N–H and O–H groups in total. The quantitative estimate of drug-likeness (QED) is 0.870. The molecule has 0 saturated heterocycles. The molecule has 4 nitrogen and oxygen atoms in total. The summed E-state index contributed by atoms with van der Waals surface area (Å²) in [5.41, 5.74) is 1.40. The molecule has 1 aromatic heterocycles. The van der Waals surface area contributed by atoms with Gasteiger partial charge in [-0.2, -0.15) is 4.98 Å². The number of aromatic nitrogens is 2. The normalized spacial score (nSPS) is 10.2. The molecule has 0 amide bonds. The van der Waals surface area contributed by atoms with Crippen LogP contribution in [0, 0.1) is 12.7 Å². The molecule has 0 spiro atoms. The molecule has 1 heterocycles. The Bertz CT molecular complexity index is 542. The number of aryl methyl sites for hydroxylation is 1. The van der Waals surface area contributed by atoms with E-state index < -0.39 is 0 Å². The molecule has 0 fully saturated rings. The third kappa shape index (κ3) is 2.94. The lowest BCUT2D eigenvalue weighted by Gasteiger charge is -2.08. The summed E-state index contributed by atoms with van der Waals surface area (Å²) >= 11 is 0. The topological polar surface area (TPSA) is 49.8 Å². The van der Waals surface area contributed by atoms with E-state index >= 15 is 0 Å². The monoisotopic (exact) mass is 246 g/mol. The molecule has 18 heavy (non-hydrogen) atoms. The molecular weight excluding hydrogens is 231 g/mol. The summed E-state index contributed by atoms with van der Waals surface area (Å²) in [5.74, 6) is 0.783. The van der Waals surface area contributed by atoms with Gasteiger partial charge >= 0.3 is 0 Å². The van der Waals surface area contributed by atoms with E-state index in [-0.39, 0.29) is 5.82 Å². The number of halogens is 1. The van der Waals surface area contributed by atoms with Crippen LogP contribution in [0.5, 0.6) is 0 Å². The first kappa shape index (κ1) is 12.3. The second-order valence-corrected chi connectivity index (χ2v) is 3.90. The summed E-state index contributed by atoms with van der Waals surface area (Å²) in [6, 6.07) is 6.60. The zero-order valence-corrected chi connectivity index (χ0v) is 10.4. The van der Waals surface area contributed by atoms with Gasteiger partial charge in [-0.3, -0.25) is 0 Å². The summed E-state index contributed by atoms with van der Waals surface area (Å²) in [7, 11) is 0. The number of nitrogens with one attached hydrogen (secondary N) is 2. The predicted molar refractivity (Wildman–Crippen MR) is 70.6 cm³/mol. The highest BCUT2D eigenvalue weighted by Gasteiger charge is 2.04. The van der Waals surface area contributed by atoms with Crippen molar-refractivity contribution in [3.05, 3.63) is 41.8 Å². The van der Waals surface area contributed by atoms with Crippen LogP contribution in [-0.2, 0) is 0 Å².